The van der Waals surface area contributed by atoms with E-state index in [9.17, 15) is 4.79 Å². The molecule has 0 radical (unpaired) electrons. The van der Waals surface area contributed by atoms with Crippen molar-refractivity contribution >= 4 is 22.8 Å². The Morgan fingerprint density at radius 1 is 1.62 bits per heavy atom. The quantitative estimate of drug-likeness (QED) is 0.589. The highest BCUT2D eigenvalue weighted by Gasteiger charge is 2.24. The molecule has 0 bridgehead atoms. The third-order valence-electron chi connectivity index (χ3n) is 2.47. The fourth-order valence-corrected chi connectivity index (χ4v) is 2.65. The molecule has 72 valence electrons. The molecular weight excluding hydrogens is 184 g/mol. The van der Waals surface area contributed by atoms with Gasteiger partial charge in [0.25, 0.3) is 5.91 Å². The molecule has 1 amide bonds. The van der Waals surface area contributed by atoms with Crippen LogP contribution in [0.15, 0.2) is 4.99 Å². The van der Waals surface area contributed by atoms with Crippen LogP contribution >= 0.6 is 11.8 Å². The van der Waals surface area contributed by atoms with Crippen molar-refractivity contribution in [1.82, 2.24) is 4.90 Å². The predicted octanol–water partition coefficient (Wildman–Crippen LogP) is 1.35. The largest absolute Gasteiger partial charge is 0.351 e. The van der Waals surface area contributed by atoms with E-state index in [0.717, 1.165) is 24.2 Å². The van der Waals surface area contributed by atoms with E-state index in [4.69, 9.17) is 0 Å². The number of nitrogens with zero attached hydrogens (tertiary/aromatic N) is 2. The number of hydrogen-bond acceptors (Lipinski definition) is 3. The lowest BCUT2D eigenvalue weighted by Crippen LogP contribution is -2.37. The molecule has 13 heavy (non-hydrogen) atoms. The van der Waals surface area contributed by atoms with Crippen molar-refractivity contribution in [2.75, 3.05) is 18.8 Å². The van der Waals surface area contributed by atoms with E-state index >= 15 is 0 Å². The highest BCUT2D eigenvalue weighted by molar-refractivity contribution is 8.14. The van der Waals surface area contributed by atoms with Crippen LogP contribution in [0.25, 0.3) is 0 Å². The summed E-state index contributed by atoms with van der Waals surface area (Å²) in [6.45, 7) is 4.40. The molecule has 4 heteroatoms. The van der Waals surface area contributed by atoms with E-state index in [1.807, 2.05) is 0 Å². The van der Waals surface area contributed by atoms with Crippen molar-refractivity contribution in [3.63, 3.8) is 0 Å². The summed E-state index contributed by atoms with van der Waals surface area (Å²) in [7, 11) is 0. The van der Waals surface area contributed by atoms with Gasteiger partial charge in [0.2, 0.25) is 0 Å². The van der Waals surface area contributed by atoms with Crippen LogP contribution in [-0.4, -0.2) is 34.8 Å². The van der Waals surface area contributed by atoms with Crippen LogP contribution < -0.4 is 0 Å². The number of aliphatic imine (C=N–C) groups is 1. The van der Waals surface area contributed by atoms with Crippen LogP contribution in [0.5, 0.6) is 0 Å². The Bertz CT molecular complexity index is 252. The molecule has 0 aliphatic carbocycles. The SMILES string of the molecule is CC1CCCN(C2=NC(=O)CS2)C1. The lowest BCUT2D eigenvalue weighted by molar-refractivity contribution is -0.115. The van der Waals surface area contributed by atoms with E-state index in [0.29, 0.717) is 5.75 Å². The summed E-state index contributed by atoms with van der Waals surface area (Å²) in [6.07, 6.45) is 2.54. The number of rotatable bonds is 0. The molecule has 3 nitrogen and oxygen atoms in total. The maximum atomic E-state index is 10.9. The zero-order valence-electron chi connectivity index (χ0n) is 7.82. The lowest BCUT2D eigenvalue weighted by Gasteiger charge is -2.31. The molecule has 1 saturated heterocycles. The third-order valence-corrected chi connectivity index (χ3v) is 3.47. The molecule has 0 saturated carbocycles. The van der Waals surface area contributed by atoms with Gasteiger partial charge in [-0.25, -0.2) is 0 Å². The van der Waals surface area contributed by atoms with Gasteiger partial charge in [-0.1, -0.05) is 18.7 Å². The molecule has 0 aromatic carbocycles. The molecule has 1 unspecified atom stereocenters. The van der Waals surface area contributed by atoms with Crippen LogP contribution in [0.1, 0.15) is 19.8 Å². The van der Waals surface area contributed by atoms with E-state index in [2.05, 4.69) is 16.8 Å². The smallest absolute Gasteiger partial charge is 0.258 e. The van der Waals surface area contributed by atoms with Crippen molar-refractivity contribution in [3.8, 4) is 0 Å². The van der Waals surface area contributed by atoms with Gasteiger partial charge in [-0.3, -0.25) is 4.79 Å². The summed E-state index contributed by atoms with van der Waals surface area (Å²) >= 11 is 1.59. The summed E-state index contributed by atoms with van der Waals surface area (Å²) in [6, 6.07) is 0. The minimum Gasteiger partial charge on any atom is -0.351 e. The number of amides is 1. The average Bonchev–Trinajstić information content (AvgIpc) is 2.52. The lowest BCUT2D eigenvalue weighted by atomic mass is 10.0. The Morgan fingerprint density at radius 3 is 3.08 bits per heavy atom. The summed E-state index contributed by atoms with van der Waals surface area (Å²) in [5, 5.41) is 0.955. The van der Waals surface area contributed by atoms with Crippen LogP contribution in [0.3, 0.4) is 0 Å². The van der Waals surface area contributed by atoms with Crippen molar-refractivity contribution < 1.29 is 4.79 Å². The Labute approximate surface area is 82.6 Å². The Balaban J connectivity index is 2.00. The summed E-state index contributed by atoms with van der Waals surface area (Å²) in [5.41, 5.74) is 0. The molecular formula is C9H14N2OS. The Kier molecular flexibility index (Phi) is 2.58. The maximum absolute atomic E-state index is 10.9. The third kappa shape index (κ3) is 2.05. The first-order valence-electron chi connectivity index (χ1n) is 4.75. The topological polar surface area (TPSA) is 32.7 Å². The molecule has 1 fully saturated rings. The average molecular weight is 198 g/mol. The second-order valence-electron chi connectivity index (χ2n) is 3.77. The number of thioether (sulfide) groups is 1. The van der Waals surface area contributed by atoms with Gasteiger partial charge in [0.1, 0.15) is 0 Å². The van der Waals surface area contributed by atoms with E-state index < -0.39 is 0 Å². The molecule has 0 aromatic rings. The molecule has 1 atom stereocenters. The van der Waals surface area contributed by atoms with Gasteiger partial charge in [-0.2, -0.15) is 4.99 Å². The molecule has 0 aromatic heterocycles. The van der Waals surface area contributed by atoms with Gasteiger partial charge in [0.15, 0.2) is 5.17 Å². The molecule has 2 aliphatic rings. The number of piperidine rings is 1. The van der Waals surface area contributed by atoms with Gasteiger partial charge in [0, 0.05) is 13.1 Å². The van der Waals surface area contributed by atoms with Gasteiger partial charge < -0.3 is 4.90 Å². The molecule has 0 spiro atoms. The van der Waals surface area contributed by atoms with Gasteiger partial charge >= 0.3 is 0 Å². The van der Waals surface area contributed by atoms with E-state index in [-0.39, 0.29) is 5.91 Å². The molecule has 2 rings (SSSR count). The monoisotopic (exact) mass is 198 g/mol. The van der Waals surface area contributed by atoms with E-state index in [1.165, 1.54) is 12.8 Å². The Hall–Kier alpha value is -0.510. The van der Waals surface area contributed by atoms with Gasteiger partial charge in [-0.05, 0) is 18.8 Å². The maximum Gasteiger partial charge on any atom is 0.258 e. The number of carbonyl (C=O) groups is 1. The second-order valence-corrected chi connectivity index (χ2v) is 4.71. The van der Waals surface area contributed by atoms with Crippen molar-refractivity contribution in [1.29, 1.82) is 0 Å². The minimum atomic E-state index is 0.0261. The summed E-state index contributed by atoms with van der Waals surface area (Å²) < 4.78 is 0. The minimum absolute atomic E-state index is 0.0261. The second kappa shape index (κ2) is 3.70. The fourth-order valence-electron chi connectivity index (χ4n) is 1.82. The highest BCUT2D eigenvalue weighted by Crippen LogP contribution is 2.22. The molecule has 0 N–H and O–H groups in total. The number of carbonyl (C=O) groups excluding carboxylic acids is 1. The van der Waals surface area contributed by atoms with Crippen LogP contribution in [0, 0.1) is 5.92 Å². The fraction of sp³-hybridized carbons (Fsp3) is 0.778. The number of likely N-dealkylation sites (tertiary alicyclic amines) is 1. The first kappa shape index (κ1) is 9.06. The normalized spacial score (nSPS) is 29.3. The number of hydrogen-bond donors (Lipinski definition) is 0. The van der Waals surface area contributed by atoms with Gasteiger partial charge in [-0.15, -0.1) is 0 Å². The van der Waals surface area contributed by atoms with Crippen LogP contribution in [0.2, 0.25) is 0 Å². The Morgan fingerprint density at radius 2 is 2.46 bits per heavy atom. The van der Waals surface area contributed by atoms with Crippen molar-refractivity contribution in [2.24, 2.45) is 10.9 Å². The molecule has 2 aliphatic heterocycles. The summed E-state index contributed by atoms with van der Waals surface area (Å²) in [5.74, 6) is 1.31. The summed E-state index contributed by atoms with van der Waals surface area (Å²) in [4.78, 5) is 17.2. The highest BCUT2D eigenvalue weighted by atomic mass is 32.2. The number of amidine groups is 1. The van der Waals surface area contributed by atoms with Crippen LogP contribution in [0.4, 0.5) is 0 Å². The zero-order valence-corrected chi connectivity index (χ0v) is 8.64. The van der Waals surface area contributed by atoms with Crippen LogP contribution in [-0.2, 0) is 4.79 Å². The zero-order chi connectivity index (χ0) is 9.26. The first-order valence-corrected chi connectivity index (χ1v) is 5.73. The standard InChI is InChI=1S/C9H14N2OS/c1-7-3-2-4-11(5-7)9-10-8(12)6-13-9/h7H,2-6H2,1H3. The van der Waals surface area contributed by atoms with Crippen molar-refractivity contribution in [2.45, 2.75) is 19.8 Å². The van der Waals surface area contributed by atoms with E-state index in [1.54, 1.807) is 11.8 Å². The molecule has 2 heterocycles. The predicted molar refractivity (Wildman–Crippen MR) is 54.9 cm³/mol. The van der Waals surface area contributed by atoms with Crippen molar-refractivity contribution in [3.05, 3.63) is 0 Å². The van der Waals surface area contributed by atoms with Gasteiger partial charge in [0.05, 0.1) is 5.75 Å². The first-order chi connectivity index (χ1) is 6.25.